The molecule has 126 valence electrons. The molecule has 0 fully saturated rings. The van der Waals surface area contributed by atoms with Crippen molar-refractivity contribution in [1.82, 2.24) is 0 Å². The van der Waals surface area contributed by atoms with Crippen LogP contribution in [0.5, 0.6) is 5.75 Å². The number of carbonyl (C=O) groups is 2. The summed E-state index contributed by atoms with van der Waals surface area (Å²) in [5, 5.41) is 3.20. The van der Waals surface area contributed by atoms with E-state index in [4.69, 9.17) is 21.1 Å². The first kappa shape index (κ1) is 17.8. The van der Waals surface area contributed by atoms with E-state index >= 15 is 0 Å². The van der Waals surface area contributed by atoms with Crippen molar-refractivity contribution in [3.05, 3.63) is 59.1 Å². The Morgan fingerprint density at radius 1 is 1.12 bits per heavy atom. The van der Waals surface area contributed by atoms with E-state index in [2.05, 4.69) is 5.32 Å². The molecule has 0 saturated carbocycles. The van der Waals surface area contributed by atoms with Crippen LogP contribution in [0.3, 0.4) is 0 Å². The highest BCUT2D eigenvalue weighted by Crippen LogP contribution is 2.22. The zero-order valence-corrected chi connectivity index (χ0v) is 14.2. The number of benzene rings is 2. The van der Waals surface area contributed by atoms with Gasteiger partial charge in [0.15, 0.2) is 6.10 Å². The molecule has 0 spiro atoms. The Bertz CT molecular complexity index is 715. The van der Waals surface area contributed by atoms with E-state index in [9.17, 15) is 9.59 Å². The third-order valence-electron chi connectivity index (χ3n) is 3.17. The first-order valence-corrected chi connectivity index (χ1v) is 7.88. The Balaban J connectivity index is 2.00. The molecule has 1 N–H and O–H groups in total. The number of halogens is 1. The predicted molar refractivity (Wildman–Crippen MR) is 92.6 cm³/mol. The van der Waals surface area contributed by atoms with Crippen molar-refractivity contribution < 1.29 is 19.1 Å². The van der Waals surface area contributed by atoms with Crippen LogP contribution in [-0.4, -0.2) is 24.6 Å². The minimum Gasteiger partial charge on any atom is -0.479 e. The molecule has 0 saturated heterocycles. The summed E-state index contributed by atoms with van der Waals surface area (Å²) in [5.41, 5.74) is 0.992. The van der Waals surface area contributed by atoms with E-state index in [1.54, 1.807) is 62.4 Å². The molecule has 0 bridgehead atoms. The van der Waals surface area contributed by atoms with Gasteiger partial charge in [0.05, 0.1) is 17.3 Å². The lowest BCUT2D eigenvalue weighted by Gasteiger charge is -2.13. The standard InChI is InChI=1S/C18H18ClNO4/c1-3-23-18(22)12(2)24-14-10-8-13(9-11-14)17(21)20-16-7-5-4-6-15(16)19/h4-12H,3H2,1-2H3,(H,20,21)/t12-/m0/s1. The Morgan fingerprint density at radius 3 is 2.42 bits per heavy atom. The summed E-state index contributed by atoms with van der Waals surface area (Å²) >= 11 is 6.02. The van der Waals surface area contributed by atoms with Crippen molar-refractivity contribution in [3.8, 4) is 5.75 Å². The van der Waals surface area contributed by atoms with E-state index in [1.165, 1.54) is 0 Å². The molecule has 24 heavy (non-hydrogen) atoms. The van der Waals surface area contributed by atoms with E-state index < -0.39 is 12.1 Å². The quantitative estimate of drug-likeness (QED) is 0.804. The van der Waals surface area contributed by atoms with Gasteiger partial charge in [0.25, 0.3) is 5.91 Å². The van der Waals surface area contributed by atoms with Crippen molar-refractivity contribution >= 4 is 29.2 Å². The summed E-state index contributed by atoms with van der Waals surface area (Å²) in [6, 6.07) is 13.5. The van der Waals surface area contributed by atoms with Crippen LogP contribution in [0, 0.1) is 0 Å². The average molecular weight is 348 g/mol. The third-order valence-corrected chi connectivity index (χ3v) is 3.50. The second kappa shape index (κ2) is 8.36. The van der Waals surface area contributed by atoms with Gasteiger partial charge in [-0.25, -0.2) is 4.79 Å². The SMILES string of the molecule is CCOC(=O)[C@H](C)Oc1ccc(C(=O)Nc2ccccc2Cl)cc1. The van der Waals surface area contributed by atoms with Gasteiger partial charge in [-0.3, -0.25) is 4.79 Å². The number of esters is 1. The van der Waals surface area contributed by atoms with Crippen molar-refractivity contribution in [2.45, 2.75) is 20.0 Å². The molecule has 2 aromatic rings. The summed E-state index contributed by atoms with van der Waals surface area (Å²) < 4.78 is 10.3. The number of ether oxygens (including phenoxy) is 2. The van der Waals surface area contributed by atoms with Gasteiger partial charge in [-0.05, 0) is 50.2 Å². The van der Waals surface area contributed by atoms with E-state index in [0.717, 1.165) is 0 Å². The Hall–Kier alpha value is -2.53. The topological polar surface area (TPSA) is 64.6 Å². The van der Waals surface area contributed by atoms with Crippen molar-refractivity contribution in [2.75, 3.05) is 11.9 Å². The maximum absolute atomic E-state index is 12.2. The maximum atomic E-state index is 12.2. The van der Waals surface area contributed by atoms with Crippen LogP contribution in [0.4, 0.5) is 5.69 Å². The van der Waals surface area contributed by atoms with Crippen LogP contribution < -0.4 is 10.1 Å². The molecular formula is C18H18ClNO4. The highest BCUT2D eigenvalue weighted by atomic mass is 35.5. The summed E-state index contributed by atoms with van der Waals surface area (Å²) in [5.74, 6) is -0.240. The number of carbonyl (C=O) groups excluding carboxylic acids is 2. The van der Waals surface area contributed by atoms with Gasteiger partial charge in [0, 0.05) is 5.56 Å². The minimum absolute atomic E-state index is 0.284. The minimum atomic E-state index is -0.715. The molecule has 1 amide bonds. The molecule has 2 aromatic carbocycles. The average Bonchev–Trinajstić information content (AvgIpc) is 2.57. The fourth-order valence-electron chi connectivity index (χ4n) is 1.95. The highest BCUT2D eigenvalue weighted by molar-refractivity contribution is 6.33. The molecule has 5 nitrogen and oxygen atoms in total. The summed E-state index contributed by atoms with van der Waals surface area (Å²) in [6.07, 6.45) is -0.715. The smallest absolute Gasteiger partial charge is 0.347 e. The molecule has 0 aliphatic rings. The lowest BCUT2D eigenvalue weighted by molar-refractivity contribution is -0.150. The second-order valence-corrected chi connectivity index (χ2v) is 5.38. The Labute approximate surface area is 145 Å². The summed E-state index contributed by atoms with van der Waals surface area (Å²) in [7, 11) is 0. The summed E-state index contributed by atoms with van der Waals surface area (Å²) in [6.45, 7) is 3.64. The van der Waals surface area contributed by atoms with E-state index in [1.807, 2.05) is 0 Å². The fraction of sp³-hybridized carbons (Fsp3) is 0.222. The number of rotatable bonds is 6. The number of hydrogen-bond acceptors (Lipinski definition) is 4. The molecular weight excluding hydrogens is 330 g/mol. The zero-order valence-electron chi connectivity index (χ0n) is 13.4. The number of nitrogens with one attached hydrogen (secondary N) is 1. The van der Waals surface area contributed by atoms with Crippen LogP contribution in [0.15, 0.2) is 48.5 Å². The van der Waals surface area contributed by atoms with Crippen LogP contribution in [0.1, 0.15) is 24.2 Å². The van der Waals surface area contributed by atoms with Gasteiger partial charge in [-0.1, -0.05) is 23.7 Å². The van der Waals surface area contributed by atoms with Gasteiger partial charge in [0.1, 0.15) is 5.75 Å². The molecule has 0 aromatic heterocycles. The van der Waals surface area contributed by atoms with Gasteiger partial charge in [-0.2, -0.15) is 0 Å². The lowest BCUT2D eigenvalue weighted by atomic mass is 10.2. The largest absolute Gasteiger partial charge is 0.479 e. The fourth-order valence-corrected chi connectivity index (χ4v) is 2.14. The van der Waals surface area contributed by atoms with Crippen molar-refractivity contribution in [2.24, 2.45) is 0 Å². The van der Waals surface area contributed by atoms with Gasteiger partial charge < -0.3 is 14.8 Å². The molecule has 6 heteroatoms. The predicted octanol–water partition coefficient (Wildman–Crippen LogP) is 3.92. The molecule has 0 radical (unpaired) electrons. The van der Waals surface area contributed by atoms with E-state index in [0.29, 0.717) is 28.6 Å². The number of hydrogen-bond donors (Lipinski definition) is 1. The van der Waals surface area contributed by atoms with Crippen LogP contribution in [0.2, 0.25) is 5.02 Å². The lowest BCUT2D eigenvalue weighted by Crippen LogP contribution is -2.26. The maximum Gasteiger partial charge on any atom is 0.347 e. The third kappa shape index (κ3) is 4.73. The highest BCUT2D eigenvalue weighted by Gasteiger charge is 2.16. The second-order valence-electron chi connectivity index (χ2n) is 4.97. The molecule has 2 rings (SSSR count). The van der Waals surface area contributed by atoms with Crippen LogP contribution >= 0.6 is 11.6 Å². The Morgan fingerprint density at radius 2 is 1.79 bits per heavy atom. The number of anilines is 1. The summed E-state index contributed by atoms with van der Waals surface area (Å²) in [4.78, 5) is 23.7. The molecule has 0 unspecified atom stereocenters. The van der Waals surface area contributed by atoms with Crippen LogP contribution in [-0.2, 0) is 9.53 Å². The van der Waals surface area contributed by atoms with E-state index in [-0.39, 0.29) is 5.91 Å². The van der Waals surface area contributed by atoms with Crippen molar-refractivity contribution in [3.63, 3.8) is 0 Å². The number of amides is 1. The first-order valence-electron chi connectivity index (χ1n) is 7.50. The molecule has 0 aliphatic carbocycles. The monoisotopic (exact) mass is 347 g/mol. The first-order chi connectivity index (χ1) is 11.5. The van der Waals surface area contributed by atoms with Crippen LogP contribution in [0.25, 0.3) is 0 Å². The van der Waals surface area contributed by atoms with Gasteiger partial charge >= 0.3 is 5.97 Å². The van der Waals surface area contributed by atoms with Gasteiger partial charge in [0.2, 0.25) is 0 Å². The normalized spacial score (nSPS) is 11.5. The number of para-hydroxylation sites is 1. The van der Waals surface area contributed by atoms with Gasteiger partial charge in [-0.15, -0.1) is 0 Å². The molecule has 0 aliphatic heterocycles. The Kier molecular flexibility index (Phi) is 6.21. The molecule has 0 heterocycles. The van der Waals surface area contributed by atoms with Crippen molar-refractivity contribution in [1.29, 1.82) is 0 Å². The zero-order chi connectivity index (χ0) is 17.5. The molecule has 1 atom stereocenters.